The van der Waals surface area contributed by atoms with Crippen molar-refractivity contribution in [3.8, 4) is 50.6 Å². The van der Waals surface area contributed by atoms with Gasteiger partial charge >= 0.3 is 0 Å². The first-order chi connectivity index (χ1) is 22.8. The number of hydrogen-bond acceptors (Lipinski definition) is 3. The van der Waals surface area contributed by atoms with Crippen molar-refractivity contribution in [2.45, 2.75) is 0 Å². The van der Waals surface area contributed by atoms with Crippen LogP contribution in [-0.2, 0) is 0 Å². The van der Waals surface area contributed by atoms with Crippen molar-refractivity contribution in [2.24, 2.45) is 0 Å². The third kappa shape index (κ3) is 4.27. The second-order valence-corrected chi connectivity index (χ2v) is 13.7. The van der Waals surface area contributed by atoms with Crippen LogP contribution in [0, 0.1) is 11.3 Å². The molecule has 0 N–H and O–H groups in total. The van der Waals surface area contributed by atoms with Gasteiger partial charge in [0.15, 0.2) is 0 Å². The normalized spacial score (nSPS) is 11.5. The summed E-state index contributed by atoms with van der Waals surface area (Å²) in [5, 5.41) is 15.2. The summed E-state index contributed by atoms with van der Waals surface area (Å²) in [5.41, 5.74) is 9.73. The molecule has 0 radical (unpaired) electrons. The van der Waals surface area contributed by atoms with E-state index < -0.39 is 0 Å². The van der Waals surface area contributed by atoms with Crippen LogP contribution in [0.4, 0.5) is 0 Å². The van der Waals surface area contributed by atoms with Crippen LogP contribution in [0.25, 0.3) is 84.9 Å². The topological polar surface area (TPSA) is 23.8 Å². The van der Waals surface area contributed by atoms with E-state index in [0.717, 1.165) is 22.3 Å². The third-order valence-electron chi connectivity index (χ3n) is 8.98. The molecule has 0 aliphatic heterocycles. The zero-order valence-electron chi connectivity index (χ0n) is 24.7. The van der Waals surface area contributed by atoms with Gasteiger partial charge in [-0.05, 0) is 63.7 Å². The molecule has 0 aliphatic rings. The van der Waals surface area contributed by atoms with Crippen molar-refractivity contribution in [1.82, 2.24) is 0 Å². The van der Waals surface area contributed by atoms with E-state index in [1.54, 1.807) is 0 Å². The summed E-state index contributed by atoms with van der Waals surface area (Å²) in [4.78, 5) is 0. The molecule has 9 rings (SSSR count). The van der Waals surface area contributed by atoms with E-state index in [-0.39, 0.29) is 0 Å². The average molecular weight is 620 g/mol. The van der Waals surface area contributed by atoms with E-state index in [0.29, 0.717) is 5.56 Å². The molecule has 9 aromatic rings. The van der Waals surface area contributed by atoms with Crippen LogP contribution in [0.5, 0.6) is 0 Å². The number of rotatable bonds is 4. The SMILES string of the molecule is N#Cc1ccccc1-c1ccccc1-c1cc(-c2ccc3c(c2)sc2ccccc23)ccc1-c1cccc2c1sc1ccccc12. The Balaban J connectivity index is 1.31. The highest BCUT2D eigenvalue weighted by Gasteiger charge is 2.19. The van der Waals surface area contributed by atoms with E-state index in [1.807, 2.05) is 40.9 Å². The van der Waals surface area contributed by atoms with Crippen molar-refractivity contribution < 1.29 is 0 Å². The standard InChI is InChI=1S/C43H25NS2/c44-26-29-10-1-2-11-30(29)31-12-3-4-13-32(31)39-24-27(28-21-23-36-34-14-5-7-18-40(34)45-42(36)25-28)20-22-33(39)37-16-9-17-38-35-15-6-8-19-41(35)46-43(37)38/h1-25H. The van der Waals surface area contributed by atoms with Crippen molar-refractivity contribution >= 4 is 63.0 Å². The maximum absolute atomic E-state index is 10.0. The van der Waals surface area contributed by atoms with Gasteiger partial charge in [0.2, 0.25) is 0 Å². The average Bonchev–Trinajstić information content (AvgIpc) is 3.69. The summed E-state index contributed by atoms with van der Waals surface area (Å²) in [6.07, 6.45) is 0. The monoisotopic (exact) mass is 619 g/mol. The molecule has 0 bridgehead atoms. The Morgan fingerprint density at radius 2 is 0.913 bits per heavy atom. The van der Waals surface area contributed by atoms with Crippen LogP contribution in [0.2, 0.25) is 0 Å². The summed E-state index contributed by atoms with van der Waals surface area (Å²) in [7, 11) is 0. The van der Waals surface area contributed by atoms with Crippen molar-refractivity contribution in [3.63, 3.8) is 0 Å². The summed E-state index contributed by atoms with van der Waals surface area (Å²) >= 11 is 3.70. The Labute approximate surface area is 274 Å². The Morgan fingerprint density at radius 1 is 0.370 bits per heavy atom. The molecule has 1 nitrogen and oxygen atoms in total. The van der Waals surface area contributed by atoms with Gasteiger partial charge in [-0.1, -0.05) is 121 Å². The summed E-state index contributed by atoms with van der Waals surface area (Å²) in [6, 6.07) is 56.6. The van der Waals surface area contributed by atoms with E-state index >= 15 is 0 Å². The predicted octanol–water partition coefficient (Wildman–Crippen LogP) is 13.0. The van der Waals surface area contributed by atoms with E-state index in [2.05, 4.69) is 140 Å². The van der Waals surface area contributed by atoms with Crippen molar-refractivity contribution in [1.29, 1.82) is 5.26 Å². The lowest BCUT2D eigenvalue weighted by Gasteiger charge is -2.17. The largest absolute Gasteiger partial charge is 0.192 e. The van der Waals surface area contributed by atoms with Gasteiger partial charge in [-0.25, -0.2) is 0 Å². The maximum atomic E-state index is 10.0. The number of benzene rings is 7. The molecule has 3 heteroatoms. The molecule has 0 saturated heterocycles. The molecular weight excluding hydrogens is 595 g/mol. The highest BCUT2D eigenvalue weighted by Crippen LogP contribution is 2.46. The van der Waals surface area contributed by atoms with Crippen LogP contribution in [0.1, 0.15) is 5.56 Å². The van der Waals surface area contributed by atoms with Crippen molar-refractivity contribution in [2.75, 3.05) is 0 Å². The molecule has 0 spiro atoms. The molecule has 0 aliphatic carbocycles. The zero-order valence-corrected chi connectivity index (χ0v) is 26.3. The number of fused-ring (bicyclic) bond motifs is 6. The molecule has 214 valence electrons. The Morgan fingerprint density at radius 3 is 1.72 bits per heavy atom. The Hall–Kier alpha value is -5.53. The fraction of sp³-hybridized carbons (Fsp3) is 0. The summed E-state index contributed by atoms with van der Waals surface area (Å²) < 4.78 is 5.19. The maximum Gasteiger partial charge on any atom is 0.0998 e. The minimum atomic E-state index is 0.675. The lowest BCUT2D eigenvalue weighted by molar-refractivity contribution is 1.47. The second-order valence-electron chi connectivity index (χ2n) is 11.6. The zero-order chi connectivity index (χ0) is 30.6. The van der Waals surface area contributed by atoms with E-state index in [4.69, 9.17) is 0 Å². The molecule has 2 heterocycles. The van der Waals surface area contributed by atoms with Gasteiger partial charge in [-0.2, -0.15) is 5.26 Å². The quantitative estimate of drug-likeness (QED) is 0.192. The van der Waals surface area contributed by atoms with Crippen LogP contribution in [0.3, 0.4) is 0 Å². The molecular formula is C43H25NS2. The van der Waals surface area contributed by atoms with Gasteiger partial charge in [-0.3, -0.25) is 0 Å². The second kappa shape index (κ2) is 10.8. The van der Waals surface area contributed by atoms with Crippen molar-refractivity contribution in [3.05, 3.63) is 157 Å². The highest BCUT2D eigenvalue weighted by atomic mass is 32.1. The molecule has 0 fully saturated rings. The third-order valence-corrected chi connectivity index (χ3v) is 11.3. The summed E-state index contributed by atoms with van der Waals surface area (Å²) in [6.45, 7) is 0. The Kier molecular flexibility index (Phi) is 6.31. The number of nitriles is 1. The lowest BCUT2D eigenvalue weighted by atomic mass is 9.86. The number of thiophene rings is 2. The predicted molar refractivity (Wildman–Crippen MR) is 199 cm³/mol. The number of nitrogens with zero attached hydrogens (tertiary/aromatic N) is 1. The minimum absolute atomic E-state index is 0.675. The van der Waals surface area contributed by atoms with E-state index in [9.17, 15) is 5.26 Å². The van der Waals surface area contributed by atoms with Gasteiger partial charge in [-0.15, -0.1) is 22.7 Å². The molecule has 0 amide bonds. The molecule has 0 unspecified atom stereocenters. The van der Waals surface area contributed by atoms with Crippen LogP contribution < -0.4 is 0 Å². The van der Waals surface area contributed by atoms with E-state index in [1.165, 1.54) is 62.6 Å². The number of hydrogen-bond donors (Lipinski definition) is 0. The van der Waals surface area contributed by atoms with Gasteiger partial charge in [0.1, 0.15) is 0 Å². The molecule has 0 atom stereocenters. The fourth-order valence-corrected chi connectivity index (χ4v) is 9.19. The highest BCUT2D eigenvalue weighted by molar-refractivity contribution is 7.26. The van der Waals surface area contributed by atoms with Crippen LogP contribution in [0.15, 0.2) is 152 Å². The smallest absolute Gasteiger partial charge is 0.0998 e. The lowest BCUT2D eigenvalue weighted by Crippen LogP contribution is -1.92. The summed E-state index contributed by atoms with van der Waals surface area (Å²) in [5.74, 6) is 0. The first-order valence-electron chi connectivity index (χ1n) is 15.3. The first-order valence-corrected chi connectivity index (χ1v) is 17.0. The first kappa shape index (κ1) is 26.8. The minimum Gasteiger partial charge on any atom is -0.192 e. The molecule has 7 aromatic carbocycles. The van der Waals surface area contributed by atoms with Gasteiger partial charge < -0.3 is 0 Å². The van der Waals surface area contributed by atoms with Crippen LogP contribution >= 0.6 is 22.7 Å². The van der Waals surface area contributed by atoms with Gasteiger partial charge in [0, 0.05) is 51.5 Å². The van der Waals surface area contributed by atoms with Gasteiger partial charge in [0.25, 0.3) is 0 Å². The Bertz CT molecular complexity index is 2670. The molecule has 46 heavy (non-hydrogen) atoms. The van der Waals surface area contributed by atoms with Crippen LogP contribution in [-0.4, -0.2) is 0 Å². The molecule has 2 aromatic heterocycles. The molecule has 0 saturated carbocycles. The van der Waals surface area contributed by atoms with Gasteiger partial charge in [0.05, 0.1) is 11.6 Å². The fourth-order valence-electron chi connectivity index (χ4n) is 6.81.